The van der Waals surface area contributed by atoms with Gasteiger partial charge in [0, 0.05) is 17.3 Å². The molecule has 2 heterocycles. The Labute approximate surface area is 194 Å². The van der Waals surface area contributed by atoms with Gasteiger partial charge >= 0.3 is 0 Å². The van der Waals surface area contributed by atoms with Gasteiger partial charge in [0.05, 0.1) is 17.6 Å². The summed E-state index contributed by atoms with van der Waals surface area (Å²) in [5, 5.41) is 3.55. The van der Waals surface area contributed by atoms with Crippen molar-refractivity contribution in [1.82, 2.24) is 14.5 Å². The lowest BCUT2D eigenvalue weighted by atomic mass is 10.2. The molecule has 1 aliphatic rings. The molecule has 1 N–H and O–H groups in total. The number of hydrogen-bond acceptors (Lipinski definition) is 4. The molecule has 2 aromatic carbocycles. The van der Waals surface area contributed by atoms with Crippen LogP contribution in [0.15, 0.2) is 42.5 Å². The number of ether oxygens (including phenoxy) is 1. The molecule has 0 saturated carbocycles. The molecule has 0 unspecified atom stereocenters. The average molecular weight is 455 g/mol. The van der Waals surface area contributed by atoms with Gasteiger partial charge in [-0.15, -0.1) is 0 Å². The van der Waals surface area contributed by atoms with Crippen molar-refractivity contribution in [2.45, 2.75) is 52.1 Å². The topological polar surface area (TPSA) is 59.4 Å². The highest BCUT2D eigenvalue weighted by molar-refractivity contribution is 6.30. The second-order valence-corrected chi connectivity index (χ2v) is 8.80. The monoisotopic (exact) mass is 454 g/mol. The maximum Gasteiger partial charge on any atom is 0.262 e. The van der Waals surface area contributed by atoms with E-state index in [9.17, 15) is 4.79 Å². The number of amides is 1. The van der Waals surface area contributed by atoms with Gasteiger partial charge in [0.1, 0.15) is 11.6 Å². The molecule has 0 aliphatic carbocycles. The lowest BCUT2D eigenvalue weighted by Gasteiger charge is -2.20. The van der Waals surface area contributed by atoms with E-state index < -0.39 is 0 Å². The van der Waals surface area contributed by atoms with Gasteiger partial charge in [0.15, 0.2) is 6.61 Å². The van der Waals surface area contributed by atoms with Crippen LogP contribution in [0.25, 0.3) is 11.0 Å². The third-order valence-electron chi connectivity index (χ3n) is 5.81. The molecule has 6 nitrogen and oxygen atoms in total. The number of benzene rings is 2. The summed E-state index contributed by atoms with van der Waals surface area (Å²) < 4.78 is 7.87. The predicted octanol–water partition coefficient (Wildman–Crippen LogP) is 5.49. The van der Waals surface area contributed by atoms with Crippen LogP contribution in [0.2, 0.25) is 5.02 Å². The molecule has 4 rings (SSSR count). The number of fused-ring (bicyclic) bond motifs is 1. The summed E-state index contributed by atoms with van der Waals surface area (Å²) in [4.78, 5) is 19.8. The van der Waals surface area contributed by atoms with Gasteiger partial charge < -0.3 is 14.6 Å². The first-order valence-corrected chi connectivity index (χ1v) is 11.9. The molecule has 0 bridgehead atoms. The fourth-order valence-corrected chi connectivity index (χ4v) is 4.35. The molecule has 7 heteroatoms. The lowest BCUT2D eigenvalue weighted by Crippen LogP contribution is -2.26. The Morgan fingerprint density at radius 3 is 2.56 bits per heavy atom. The van der Waals surface area contributed by atoms with Crippen LogP contribution < -0.4 is 10.1 Å². The Morgan fingerprint density at radius 2 is 1.84 bits per heavy atom. The molecular weight excluding hydrogens is 424 g/mol. The van der Waals surface area contributed by atoms with Crippen LogP contribution in [0, 0.1) is 0 Å². The number of anilines is 1. The number of likely N-dealkylation sites (tertiary alicyclic amines) is 1. The molecule has 32 heavy (non-hydrogen) atoms. The van der Waals surface area contributed by atoms with Crippen molar-refractivity contribution in [3.63, 3.8) is 0 Å². The summed E-state index contributed by atoms with van der Waals surface area (Å²) in [5.74, 6) is 1.51. The Balaban J connectivity index is 1.45. The maximum absolute atomic E-state index is 12.4. The van der Waals surface area contributed by atoms with Crippen molar-refractivity contribution < 1.29 is 9.53 Å². The normalized spacial score (nSPS) is 14.9. The third kappa shape index (κ3) is 5.81. The number of nitrogens with zero attached hydrogens (tertiary/aromatic N) is 3. The zero-order valence-electron chi connectivity index (χ0n) is 18.6. The number of imidazole rings is 1. The number of carbonyl (C=O) groups excluding carboxylic acids is 1. The number of hydrogen-bond donors (Lipinski definition) is 1. The Bertz CT molecular complexity index is 1040. The van der Waals surface area contributed by atoms with Crippen LogP contribution in [0.4, 0.5) is 5.69 Å². The van der Waals surface area contributed by atoms with Crippen molar-refractivity contribution in [3.8, 4) is 5.75 Å². The highest BCUT2D eigenvalue weighted by Crippen LogP contribution is 2.23. The zero-order chi connectivity index (χ0) is 22.3. The van der Waals surface area contributed by atoms with E-state index in [1.807, 2.05) is 12.1 Å². The molecule has 1 aromatic heterocycles. The molecular formula is C25H31ClN4O2. The van der Waals surface area contributed by atoms with Gasteiger partial charge in [-0.3, -0.25) is 9.69 Å². The van der Waals surface area contributed by atoms with Gasteiger partial charge in [0.2, 0.25) is 0 Å². The molecule has 0 atom stereocenters. The van der Waals surface area contributed by atoms with E-state index in [1.54, 1.807) is 24.3 Å². The van der Waals surface area contributed by atoms with E-state index >= 15 is 0 Å². The van der Waals surface area contributed by atoms with Crippen LogP contribution >= 0.6 is 11.6 Å². The van der Waals surface area contributed by atoms with E-state index in [2.05, 4.69) is 27.8 Å². The van der Waals surface area contributed by atoms with Crippen molar-refractivity contribution in [1.29, 1.82) is 0 Å². The number of rotatable bonds is 8. The average Bonchev–Trinajstić information content (AvgIpc) is 2.94. The van der Waals surface area contributed by atoms with Gasteiger partial charge in [0.25, 0.3) is 5.91 Å². The fourth-order valence-electron chi connectivity index (χ4n) is 4.22. The lowest BCUT2D eigenvalue weighted by molar-refractivity contribution is -0.118. The summed E-state index contributed by atoms with van der Waals surface area (Å²) in [7, 11) is 0. The number of aromatic nitrogens is 2. The molecule has 1 amide bonds. The Kier molecular flexibility index (Phi) is 7.66. The van der Waals surface area contributed by atoms with Gasteiger partial charge in [-0.2, -0.15) is 0 Å². The summed E-state index contributed by atoms with van der Waals surface area (Å²) >= 11 is 5.88. The molecule has 0 spiro atoms. The second-order valence-electron chi connectivity index (χ2n) is 8.36. The van der Waals surface area contributed by atoms with Crippen molar-refractivity contribution in [2.75, 3.05) is 25.0 Å². The van der Waals surface area contributed by atoms with Gasteiger partial charge in [-0.05, 0) is 74.8 Å². The van der Waals surface area contributed by atoms with Crippen LogP contribution in [0.5, 0.6) is 5.75 Å². The van der Waals surface area contributed by atoms with Crippen molar-refractivity contribution in [2.24, 2.45) is 0 Å². The fraction of sp³-hybridized carbons (Fsp3) is 0.440. The number of carbonyl (C=O) groups is 1. The quantitative estimate of drug-likeness (QED) is 0.488. The van der Waals surface area contributed by atoms with E-state index in [4.69, 9.17) is 21.3 Å². The number of nitrogens with one attached hydrogen (secondary N) is 1. The molecule has 1 aliphatic heterocycles. The Hall–Kier alpha value is -2.57. The smallest absolute Gasteiger partial charge is 0.262 e. The highest BCUT2D eigenvalue weighted by Gasteiger charge is 2.16. The van der Waals surface area contributed by atoms with Crippen molar-refractivity contribution >= 4 is 34.2 Å². The van der Waals surface area contributed by atoms with Crippen LogP contribution in [0.1, 0.15) is 44.9 Å². The first-order chi connectivity index (χ1) is 15.6. The summed E-state index contributed by atoms with van der Waals surface area (Å²) in [6, 6.07) is 12.9. The first kappa shape index (κ1) is 22.6. The van der Waals surface area contributed by atoms with E-state index in [0.29, 0.717) is 10.8 Å². The maximum atomic E-state index is 12.4. The minimum absolute atomic E-state index is 0.0653. The van der Waals surface area contributed by atoms with E-state index in [0.717, 1.165) is 55.1 Å². The van der Waals surface area contributed by atoms with Gasteiger partial charge in [-0.1, -0.05) is 31.4 Å². The number of aryl methyl sites for hydroxylation is 1. The number of halogens is 1. The molecule has 170 valence electrons. The summed E-state index contributed by atoms with van der Waals surface area (Å²) in [6.45, 7) is 6.24. The van der Waals surface area contributed by atoms with Gasteiger partial charge in [-0.25, -0.2) is 4.98 Å². The molecule has 3 aromatic rings. The van der Waals surface area contributed by atoms with Crippen molar-refractivity contribution in [3.05, 3.63) is 53.3 Å². The molecule has 0 radical (unpaired) electrons. The Morgan fingerprint density at radius 1 is 1.09 bits per heavy atom. The molecule has 1 fully saturated rings. The largest absolute Gasteiger partial charge is 0.484 e. The second kappa shape index (κ2) is 10.8. The summed E-state index contributed by atoms with van der Waals surface area (Å²) in [5.41, 5.74) is 2.76. The minimum Gasteiger partial charge on any atom is -0.484 e. The van der Waals surface area contributed by atoms with E-state index in [1.165, 1.54) is 25.7 Å². The van der Waals surface area contributed by atoms with Crippen LogP contribution in [-0.4, -0.2) is 40.1 Å². The minimum atomic E-state index is -0.211. The van der Waals surface area contributed by atoms with Crippen LogP contribution in [-0.2, 0) is 17.9 Å². The molecule has 1 saturated heterocycles. The van der Waals surface area contributed by atoms with E-state index in [-0.39, 0.29) is 12.5 Å². The standard InChI is InChI=1S/C25H31ClN4O2/c1-2-13-30-23-12-9-20(27-25(31)18-32-21-10-7-19(26)8-11-21)16-22(23)28-24(30)17-29-14-5-3-4-6-15-29/h7-12,16H,2-6,13-15,17-18H2,1H3,(H,27,31). The highest BCUT2D eigenvalue weighted by atomic mass is 35.5. The van der Waals surface area contributed by atoms with Crippen LogP contribution in [0.3, 0.4) is 0 Å². The first-order valence-electron chi connectivity index (χ1n) is 11.5. The SMILES string of the molecule is CCCn1c(CN2CCCCCC2)nc2cc(NC(=O)COc3ccc(Cl)cc3)ccc21. The third-order valence-corrected chi connectivity index (χ3v) is 6.06. The predicted molar refractivity (Wildman–Crippen MR) is 129 cm³/mol. The zero-order valence-corrected chi connectivity index (χ0v) is 19.4. The summed E-state index contributed by atoms with van der Waals surface area (Å²) in [6.07, 6.45) is 6.24.